The van der Waals surface area contributed by atoms with Gasteiger partial charge in [0.25, 0.3) is 5.69 Å². The standard InChI is InChI=1S/C21H25FN4O3/c1-16(27)23-9-8-17-2-3-18(21(14-17)26(28)29)15-24-10-12-25(13-11-24)20-6-4-19(22)5-7-20/h2-7,14H,8-13,15H2,1H3,(H,23,27). The molecule has 2 aromatic rings. The van der Waals surface area contributed by atoms with Crippen molar-refractivity contribution in [1.29, 1.82) is 0 Å². The zero-order valence-electron chi connectivity index (χ0n) is 16.4. The third kappa shape index (κ3) is 5.74. The summed E-state index contributed by atoms with van der Waals surface area (Å²) >= 11 is 0. The van der Waals surface area contributed by atoms with E-state index in [1.807, 2.05) is 12.1 Å². The van der Waals surface area contributed by atoms with E-state index in [2.05, 4.69) is 15.1 Å². The molecule has 1 aliphatic heterocycles. The second kappa shape index (κ2) is 9.47. The molecule has 1 amide bonds. The smallest absolute Gasteiger partial charge is 0.274 e. The van der Waals surface area contributed by atoms with E-state index >= 15 is 0 Å². The van der Waals surface area contributed by atoms with Crippen molar-refractivity contribution in [3.63, 3.8) is 0 Å². The Kier molecular flexibility index (Phi) is 6.77. The van der Waals surface area contributed by atoms with Crippen LogP contribution in [0, 0.1) is 15.9 Å². The Morgan fingerprint density at radius 1 is 1.14 bits per heavy atom. The van der Waals surface area contributed by atoms with Crippen LogP contribution in [0.15, 0.2) is 42.5 Å². The van der Waals surface area contributed by atoms with Crippen molar-refractivity contribution in [3.05, 3.63) is 69.5 Å². The van der Waals surface area contributed by atoms with Gasteiger partial charge < -0.3 is 10.2 Å². The van der Waals surface area contributed by atoms with E-state index in [9.17, 15) is 19.3 Å². The number of nitrogens with zero attached hydrogens (tertiary/aromatic N) is 3. The van der Waals surface area contributed by atoms with E-state index in [-0.39, 0.29) is 22.3 Å². The van der Waals surface area contributed by atoms with Crippen LogP contribution >= 0.6 is 0 Å². The summed E-state index contributed by atoms with van der Waals surface area (Å²) in [6.45, 7) is 5.54. The Morgan fingerprint density at radius 3 is 2.45 bits per heavy atom. The summed E-state index contributed by atoms with van der Waals surface area (Å²) in [4.78, 5) is 26.6. The zero-order valence-corrected chi connectivity index (χ0v) is 16.4. The Morgan fingerprint density at radius 2 is 1.83 bits per heavy atom. The van der Waals surface area contributed by atoms with Gasteiger partial charge in [0.05, 0.1) is 4.92 Å². The van der Waals surface area contributed by atoms with Crippen molar-refractivity contribution >= 4 is 17.3 Å². The molecular formula is C21H25FN4O3. The van der Waals surface area contributed by atoms with Gasteiger partial charge in [-0.15, -0.1) is 0 Å². The third-order valence-electron chi connectivity index (χ3n) is 5.09. The number of benzene rings is 2. The molecule has 1 N–H and O–H groups in total. The minimum absolute atomic E-state index is 0.115. The molecule has 0 aromatic heterocycles. The molecule has 154 valence electrons. The molecule has 1 fully saturated rings. The molecule has 0 bridgehead atoms. The molecule has 1 aliphatic rings. The fourth-order valence-corrected chi connectivity index (χ4v) is 3.51. The number of hydrogen-bond acceptors (Lipinski definition) is 5. The molecule has 0 aliphatic carbocycles. The lowest BCUT2D eigenvalue weighted by molar-refractivity contribution is -0.385. The SMILES string of the molecule is CC(=O)NCCc1ccc(CN2CCN(c3ccc(F)cc3)CC2)c([N+](=O)[O-])c1. The summed E-state index contributed by atoms with van der Waals surface area (Å²) in [6.07, 6.45) is 0.553. The third-order valence-corrected chi connectivity index (χ3v) is 5.09. The summed E-state index contributed by atoms with van der Waals surface area (Å²) < 4.78 is 13.1. The fraction of sp³-hybridized carbons (Fsp3) is 0.381. The fourth-order valence-electron chi connectivity index (χ4n) is 3.51. The Balaban J connectivity index is 1.60. The quantitative estimate of drug-likeness (QED) is 0.571. The molecule has 29 heavy (non-hydrogen) atoms. The number of nitro benzene ring substituents is 1. The van der Waals surface area contributed by atoms with Gasteiger partial charge in [-0.3, -0.25) is 19.8 Å². The van der Waals surface area contributed by atoms with Gasteiger partial charge in [-0.2, -0.15) is 0 Å². The maximum absolute atomic E-state index is 13.1. The van der Waals surface area contributed by atoms with Crippen molar-refractivity contribution in [2.45, 2.75) is 19.9 Å². The number of halogens is 1. The molecular weight excluding hydrogens is 375 g/mol. The normalized spacial score (nSPS) is 14.6. The monoisotopic (exact) mass is 400 g/mol. The van der Waals surface area contributed by atoms with E-state index in [1.165, 1.54) is 19.1 Å². The molecule has 0 spiro atoms. The van der Waals surface area contributed by atoms with E-state index in [0.29, 0.717) is 25.1 Å². The van der Waals surface area contributed by atoms with Crippen molar-refractivity contribution < 1.29 is 14.1 Å². The van der Waals surface area contributed by atoms with Gasteiger partial charge in [-0.05, 0) is 36.2 Å². The largest absolute Gasteiger partial charge is 0.369 e. The number of rotatable bonds is 7. The first-order valence-electron chi connectivity index (χ1n) is 9.66. The minimum atomic E-state index is -0.341. The number of amides is 1. The highest BCUT2D eigenvalue weighted by Crippen LogP contribution is 2.24. The van der Waals surface area contributed by atoms with Gasteiger partial charge >= 0.3 is 0 Å². The number of nitro groups is 1. The van der Waals surface area contributed by atoms with Crippen molar-refractivity contribution in [2.24, 2.45) is 0 Å². The van der Waals surface area contributed by atoms with E-state index in [1.54, 1.807) is 18.2 Å². The highest BCUT2D eigenvalue weighted by atomic mass is 19.1. The summed E-state index contributed by atoms with van der Waals surface area (Å²) in [6, 6.07) is 11.8. The molecule has 0 atom stereocenters. The van der Waals surface area contributed by atoms with Crippen LogP contribution in [0.2, 0.25) is 0 Å². The minimum Gasteiger partial charge on any atom is -0.369 e. The van der Waals surface area contributed by atoms with Gasteiger partial charge in [0.15, 0.2) is 0 Å². The van der Waals surface area contributed by atoms with Crippen LogP contribution in [0.25, 0.3) is 0 Å². The molecule has 7 nitrogen and oxygen atoms in total. The van der Waals surface area contributed by atoms with Gasteiger partial charge in [-0.1, -0.05) is 12.1 Å². The van der Waals surface area contributed by atoms with E-state index in [4.69, 9.17) is 0 Å². The van der Waals surface area contributed by atoms with E-state index < -0.39 is 0 Å². The van der Waals surface area contributed by atoms with Crippen LogP contribution in [-0.2, 0) is 17.8 Å². The van der Waals surface area contributed by atoms with Crippen LogP contribution in [0.5, 0.6) is 0 Å². The van der Waals surface area contributed by atoms with Crippen LogP contribution in [0.1, 0.15) is 18.1 Å². The lowest BCUT2D eigenvalue weighted by Gasteiger charge is -2.36. The summed E-state index contributed by atoms with van der Waals surface area (Å²) in [5.74, 6) is -0.365. The van der Waals surface area contributed by atoms with Gasteiger partial charge in [0.1, 0.15) is 5.82 Å². The maximum Gasteiger partial charge on any atom is 0.274 e. The van der Waals surface area contributed by atoms with Gasteiger partial charge in [0.2, 0.25) is 5.91 Å². The molecule has 2 aromatic carbocycles. The molecule has 1 heterocycles. The van der Waals surface area contributed by atoms with Gasteiger partial charge in [0, 0.05) is 63.5 Å². The van der Waals surface area contributed by atoms with Crippen molar-refractivity contribution in [1.82, 2.24) is 10.2 Å². The molecule has 1 saturated heterocycles. The second-order valence-corrected chi connectivity index (χ2v) is 7.19. The zero-order chi connectivity index (χ0) is 20.8. The highest BCUT2D eigenvalue weighted by molar-refractivity contribution is 5.72. The van der Waals surface area contributed by atoms with Crippen LogP contribution in [0.4, 0.5) is 15.8 Å². The first-order valence-corrected chi connectivity index (χ1v) is 9.66. The summed E-state index contributed by atoms with van der Waals surface area (Å²) in [7, 11) is 0. The Hall–Kier alpha value is -3.00. The number of carbonyl (C=O) groups excluding carboxylic acids is 1. The number of carbonyl (C=O) groups is 1. The molecule has 0 unspecified atom stereocenters. The first kappa shape index (κ1) is 20.7. The number of anilines is 1. The molecule has 0 radical (unpaired) electrons. The van der Waals surface area contributed by atoms with E-state index in [0.717, 1.165) is 37.4 Å². The number of piperazine rings is 1. The number of nitrogens with one attached hydrogen (secondary N) is 1. The Bertz CT molecular complexity index is 865. The molecule has 3 rings (SSSR count). The van der Waals surface area contributed by atoms with Crippen LogP contribution in [0.3, 0.4) is 0 Å². The summed E-state index contributed by atoms with van der Waals surface area (Å²) in [5.41, 5.74) is 2.62. The highest BCUT2D eigenvalue weighted by Gasteiger charge is 2.21. The summed E-state index contributed by atoms with van der Waals surface area (Å²) in [5, 5.41) is 14.2. The molecule has 8 heteroatoms. The molecule has 0 saturated carbocycles. The first-order chi connectivity index (χ1) is 13.9. The van der Waals surface area contributed by atoms with Crippen molar-refractivity contribution in [3.8, 4) is 0 Å². The topological polar surface area (TPSA) is 78.7 Å². The van der Waals surface area contributed by atoms with Gasteiger partial charge in [-0.25, -0.2) is 4.39 Å². The van der Waals surface area contributed by atoms with Crippen molar-refractivity contribution in [2.75, 3.05) is 37.6 Å². The maximum atomic E-state index is 13.1. The average Bonchev–Trinajstić information content (AvgIpc) is 2.70. The average molecular weight is 400 g/mol. The second-order valence-electron chi connectivity index (χ2n) is 7.19. The lowest BCUT2D eigenvalue weighted by atomic mass is 10.1. The lowest BCUT2D eigenvalue weighted by Crippen LogP contribution is -2.46. The van der Waals surface area contributed by atoms with Crippen LogP contribution < -0.4 is 10.2 Å². The predicted octanol–water partition coefficient (Wildman–Crippen LogP) is 2.73. The number of hydrogen-bond donors (Lipinski definition) is 1. The van der Waals surface area contributed by atoms with Crippen LogP contribution in [-0.4, -0.2) is 48.5 Å². The predicted molar refractivity (Wildman–Crippen MR) is 109 cm³/mol. The Labute approximate surface area is 169 Å².